The molecular formula is C13H14ClN3O2. The lowest BCUT2D eigenvalue weighted by atomic mass is 10.2. The third kappa shape index (κ3) is 3.62. The summed E-state index contributed by atoms with van der Waals surface area (Å²) < 4.78 is 0. The number of carbonyl (C=O) groups excluding carboxylic acids is 1. The molecule has 100 valence electrons. The zero-order valence-electron chi connectivity index (χ0n) is 10.3. The first-order chi connectivity index (χ1) is 9.20. The predicted octanol–water partition coefficient (Wildman–Crippen LogP) is 2.38. The Morgan fingerprint density at radius 3 is 2.58 bits per heavy atom. The maximum absolute atomic E-state index is 11.7. The summed E-state index contributed by atoms with van der Waals surface area (Å²) in [7, 11) is 0. The third-order valence-corrected chi connectivity index (χ3v) is 2.86. The van der Waals surface area contributed by atoms with E-state index in [0.29, 0.717) is 30.3 Å². The van der Waals surface area contributed by atoms with Crippen LogP contribution in [0, 0.1) is 0 Å². The molecule has 1 amide bonds. The number of hydrogen-bond donors (Lipinski definition) is 2. The minimum atomic E-state index is -0.181. The van der Waals surface area contributed by atoms with Gasteiger partial charge in [0, 0.05) is 13.0 Å². The normalized spacial score (nSPS) is 10.6. The average Bonchev–Trinajstić information content (AvgIpc) is 2.40. The highest BCUT2D eigenvalue weighted by Gasteiger charge is 2.09. The number of halogens is 1. The molecule has 0 fully saturated rings. The van der Waals surface area contributed by atoms with Gasteiger partial charge in [-0.2, -0.15) is 0 Å². The summed E-state index contributed by atoms with van der Waals surface area (Å²) in [4.78, 5) is 20.1. The second kappa shape index (κ2) is 6.45. The zero-order chi connectivity index (χ0) is 13.7. The first-order valence-electron chi connectivity index (χ1n) is 6.03. The second-order valence-electron chi connectivity index (χ2n) is 4.08. The Hall–Kier alpha value is -1.72. The molecule has 1 heterocycles. The molecule has 0 saturated carbocycles. The summed E-state index contributed by atoms with van der Waals surface area (Å²) >= 11 is 5.98. The molecule has 19 heavy (non-hydrogen) atoms. The number of para-hydroxylation sites is 2. The van der Waals surface area contributed by atoms with Crippen LogP contribution in [0.15, 0.2) is 24.3 Å². The molecule has 2 aromatic rings. The lowest BCUT2D eigenvalue weighted by molar-refractivity contribution is -0.116. The number of nitrogens with zero attached hydrogens (tertiary/aromatic N) is 2. The fourth-order valence-electron chi connectivity index (χ4n) is 1.65. The van der Waals surface area contributed by atoms with Crippen molar-refractivity contribution in [3.8, 4) is 0 Å². The molecular weight excluding hydrogens is 266 g/mol. The van der Waals surface area contributed by atoms with Crippen molar-refractivity contribution in [3.63, 3.8) is 0 Å². The maximum Gasteiger partial charge on any atom is 0.225 e. The number of nitrogens with one attached hydrogen (secondary N) is 1. The molecule has 0 atom stereocenters. The van der Waals surface area contributed by atoms with Gasteiger partial charge in [0.05, 0.1) is 11.0 Å². The van der Waals surface area contributed by atoms with Gasteiger partial charge in [0.25, 0.3) is 0 Å². The third-order valence-electron chi connectivity index (χ3n) is 2.60. The number of aliphatic hydroxyl groups is 1. The summed E-state index contributed by atoms with van der Waals surface area (Å²) in [5.41, 5.74) is 1.36. The van der Waals surface area contributed by atoms with Gasteiger partial charge >= 0.3 is 0 Å². The highest BCUT2D eigenvalue weighted by atomic mass is 35.5. The number of fused-ring (bicyclic) bond motifs is 1. The van der Waals surface area contributed by atoms with Gasteiger partial charge < -0.3 is 10.4 Å². The van der Waals surface area contributed by atoms with Crippen LogP contribution in [0.2, 0.25) is 5.15 Å². The van der Waals surface area contributed by atoms with Gasteiger partial charge in [-0.05, 0) is 25.0 Å². The van der Waals surface area contributed by atoms with Crippen LogP contribution in [0.25, 0.3) is 11.0 Å². The number of carbonyl (C=O) groups is 1. The summed E-state index contributed by atoms with van der Waals surface area (Å²) in [5, 5.41) is 11.5. The maximum atomic E-state index is 11.7. The van der Waals surface area contributed by atoms with Gasteiger partial charge in [0.2, 0.25) is 5.91 Å². The molecule has 5 nitrogen and oxygen atoms in total. The van der Waals surface area contributed by atoms with E-state index < -0.39 is 0 Å². The minimum absolute atomic E-state index is 0.0871. The molecule has 0 unspecified atom stereocenters. The van der Waals surface area contributed by atoms with Gasteiger partial charge in [-0.25, -0.2) is 9.97 Å². The van der Waals surface area contributed by atoms with Crippen LogP contribution in [0.4, 0.5) is 5.82 Å². The first kappa shape index (κ1) is 13.7. The van der Waals surface area contributed by atoms with Crippen LogP contribution >= 0.6 is 11.6 Å². The summed E-state index contributed by atoms with van der Waals surface area (Å²) in [6, 6.07) is 7.30. The van der Waals surface area contributed by atoms with Crippen molar-refractivity contribution < 1.29 is 9.90 Å². The molecule has 0 bridgehead atoms. The Morgan fingerprint density at radius 1 is 1.21 bits per heavy atom. The van der Waals surface area contributed by atoms with Crippen LogP contribution in [0.1, 0.15) is 19.3 Å². The lowest BCUT2D eigenvalue weighted by Gasteiger charge is -2.06. The Kier molecular flexibility index (Phi) is 4.65. The summed E-state index contributed by atoms with van der Waals surface area (Å²) in [6.07, 6.45) is 1.55. The quantitative estimate of drug-likeness (QED) is 0.824. The zero-order valence-corrected chi connectivity index (χ0v) is 11.0. The van der Waals surface area contributed by atoms with Crippen LogP contribution in [-0.2, 0) is 4.79 Å². The van der Waals surface area contributed by atoms with E-state index in [-0.39, 0.29) is 23.5 Å². The average molecular weight is 280 g/mol. The van der Waals surface area contributed by atoms with Crippen molar-refractivity contribution in [2.24, 2.45) is 0 Å². The predicted molar refractivity (Wildman–Crippen MR) is 74.1 cm³/mol. The number of anilines is 1. The number of aliphatic hydroxyl groups excluding tert-OH is 1. The summed E-state index contributed by atoms with van der Waals surface area (Å²) in [6.45, 7) is 0.0871. The smallest absolute Gasteiger partial charge is 0.225 e. The van der Waals surface area contributed by atoms with Gasteiger partial charge in [0.1, 0.15) is 0 Å². The first-order valence-corrected chi connectivity index (χ1v) is 6.41. The molecule has 0 aliphatic carbocycles. The molecule has 0 aliphatic heterocycles. The number of benzene rings is 1. The van der Waals surface area contributed by atoms with E-state index in [1.54, 1.807) is 12.1 Å². The monoisotopic (exact) mass is 279 g/mol. The molecule has 1 aromatic heterocycles. The largest absolute Gasteiger partial charge is 0.396 e. The van der Waals surface area contributed by atoms with Crippen molar-refractivity contribution in [1.82, 2.24) is 9.97 Å². The Balaban J connectivity index is 2.11. The highest BCUT2D eigenvalue weighted by Crippen LogP contribution is 2.21. The number of hydrogen-bond acceptors (Lipinski definition) is 4. The lowest BCUT2D eigenvalue weighted by Crippen LogP contribution is -2.13. The van der Waals surface area contributed by atoms with Gasteiger partial charge in [-0.3, -0.25) is 4.79 Å². The van der Waals surface area contributed by atoms with Crippen LogP contribution in [0.5, 0.6) is 0 Å². The van der Waals surface area contributed by atoms with E-state index in [2.05, 4.69) is 15.3 Å². The van der Waals surface area contributed by atoms with Gasteiger partial charge in [0.15, 0.2) is 11.0 Å². The van der Waals surface area contributed by atoms with Gasteiger partial charge in [-0.15, -0.1) is 0 Å². The fourth-order valence-corrected chi connectivity index (χ4v) is 1.83. The van der Waals surface area contributed by atoms with Crippen molar-refractivity contribution in [3.05, 3.63) is 29.4 Å². The van der Waals surface area contributed by atoms with Crippen molar-refractivity contribution in [2.75, 3.05) is 11.9 Å². The Labute approximate surface area is 115 Å². The van der Waals surface area contributed by atoms with Crippen LogP contribution < -0.4 is 5.32 Å². The van der Waals surface area contributed by atoms with E-state index in [1.165, 1.54) is 0 Å². The molecule has 0 saturated heterocycles. The fraction of sp³-hybridized carbons (Fsp3) is 0.308. The molecule has 0 radical (unpaired) electrons. The number of amides is 1. The topological polar surface area (TPSA) is 75.1 Å². The Morgan fingerprint density at radius 2 is 1.89 bits per heavy atom. The van der Waals surface area contributed by atoms with Crippen molar-refractivity contribution >= 4 is 34.4 Å². The molecule has 6 heteroatoms. The van der Waals surface area contributed by atoms with Gasteiger partial charge in [-0.1, -0.05) is 23.7 Å². The van der Waals surface area contributed by atoms with E-state index in [1.807, 2.05) is 12.1 Å². The molecule has 0 spiro atoms. The van der Waals surface area contributed by atoms with Crippen molar-refractivity contribution in [2.45, 2.75) is 19.3 Å². The number of aromatic nitrogens is 2. The van der Waals surface area contributed by atoms with Crippen LogP contribution in [-0.4, -0.2) is 27.6 Å². The second-order valence-corrected chi connectivity index (χ2v) is 4.44. The van der Waals surface area contributed by atoms with Crippen LogP contribution in [0.3, 0.4) is 0 Å². The standard InChI is InChI=1S/C13H14ClN3O2/c14-12-13(17-11(19)7-3-4-8-18)16-10-6-2-1-5-9(10)15-12/h1-2,5-6,18H,3-4,7-8H2,(H,16,17,19). The van der Waals surface area contributed by atoms with E-state index in [4.69, 9.17) is 16.7 Å². The number of unbranched alkanes of at least 4 members (excludes halogenated alkanes) is 1. The molecule has 0 aliphatic rings. The Bertz CT molecular complexity index is 589. The minimum Gasteiger partial charge on any atom is -0.396 e. The molecule has 2 N–H and O–H groups in total. The summed E-state index contributed by atoms with van der Waals surface area (Å²) in [5.74, 6) is 0.0919. The van der Waals surface area contributed by atoms with E-state index in [9.17, 15) is 4.79 Å². The van der Waals surface area contributed by atoms with E-state index in [0.717, 1.165) is 0 Å². The van der Waals surface area contributed by atoms with E-state index >= 15 is 0 Å². The number of rotatable bonds is 5. The van der Waals surface area contributed by atoms with Crippen molar-refractivity contribution in [1.29, 1.82) is 0 Å². The SMILES string of the molecule is O=C(CCCCO)Nc1nc2ccccc2nc1Cl. The molecule has 1 aromatic carbocycles. The highest BCUT2D eigenvalue weighted by molar-refractivity contribution is 6.32. The molecule has 2 rings (SSSR count).